The Morgan fingerprint density at radius 1 is 1.24 bits per heavy atom. The molecule has 0 amide bonds. The van der Waals surface area contributed by atoms with Gasteiger partial charge < -0.3 is 15.7 Å². The molecule has 1 aromatic carbocycles. The van der Waals surface area contributed by atoms with Crippen LogP contribution in [0.4, 0.5) is 0 Å². The highest BCUT2D eigenvalue weighted by Crippen LogP contribution is 2.19. The number of halogens is 1. The average Bonchev–Trinajstić information content (AvgIpc) is 2.88. The molecule has 25 heavy (non-hydrogen) atoms. The monoisotopic (exact) mass is 474 g/mol. The smallest absolute Gasteiger partial charge is 0.191 e. The van der Waals surface area contributed by atoms with Crippen LogP contribution in [0.3, 0.4) is 0 Å². The molecule has 1 unspecified atom stereocenters. The van der Waals surface area contributed by atoms with E-state index in [1.54, 1.807) is 18.3 Å². The van der Waals surface area contributed by atoms with Crippen molar-refractivity contribution >= 4 is 41.3 Å². The number of benzene rings is 1. The van der Waals surface area contributed by atoms with Gasteiger partial charge in [0.15, 0.2) is 5.96 Å². The number of hydrogen-bond acceptors (Lipinski definition) is 4. The molecular formula is C18H27IN4OS. The van der Waals surface area contributed by atoms with E-state index in [0.29, 0.717) is 19.0 Å². The molecular weight excluding hydrogens is 447 g/mol. The predicted molar refractivity (Wildman–Crippen MR) is 116 cm³/mol. The van der Waals surface area contributed by atoms with Crippen LogP contribution in [0.15, 0.2) is 35.3 Å². The van der Waals surface area contributed by atoms with E-state index < -0.39 is 5.60 Å². The maximum absolute atomic E-state index is 10.7. The highest BCUT2D eigenvalue weighted by Gasteiger charge is 2.22. The molecule has 3 N–H and O–H groups in total. The topological polar surface area (TPSA) is 69.5 Å². The fraction of sp³-hybridized carbons (Fsp3) is 0.444. The SMILES string of the molecule is CCNC(=NCc1sc(C)nc1C)NCC(C)(O)c1ccccc1.I. The van der Waals surface area contributed by atoms with E-state index in [9.17, 15) is 5.11 Å². The van der Waals surface area contributed by atoms with Crippen LogP contribution in [0.1, 0.15) is 35.0 Å². The third-order valence-corrected chi connectivity index (χ3v) is 4.78. The summed E-state index contributed by atoms with van der Waals surface area (Å²) in [4.78, 5) is 10.2. The fourth-order valence-corrected chi connectivity index (χ4v) is 3.23. The normalized spacial score (nSPS) is 13.7. The van der Waals surface area contributed by atoms with Crippen molar-refractivity contribution in [1.82, 2.24) is 15.6 Å². The van der Waals surface area contributed by atoms with Crippen molar-refractivity contribution in [1.29, 1.82) is 0 Å². The Labute approximate surface area is 171 Å². The van der Waals surface area contributed by atoms with Crippen molar-refractivity contribution in [2.24, 2.45) is 4.99 Å². The number of thiazole rings is 1. The first-order valence-electron chi connectivity index (χ1n) is 8.15. The lowest BCUT2D eigenvalue weighted by Gasteiger charge is -2.25. The number of guanidine groups is 1. The molecule has 2 rings (SSSR count). The number of nitrogens with zero attached hydrogens (tertiary/aromatic N) is 2. The standard InChI is InChI=1S/C18H26N4OS.HI/c1-5-19-17(20-11-16-13(2)22-14(3)24-16)21-12-18(4,23)15-9-7-6-8-10-15;/h6-10,23H,5,11-12H2,1-4H3,(H2,19,20,21);1H. The maximum atomic E-state index is 10.7. The van der Waals surface area contributed by atoms with E-state index in [0.717, 1.165) is 22.8 Å². The lowest BCUT2D eigenvalue weighted by atomic mass is 9.96. The van der Waals surface area contributed by atoms with Gasteiger partial charge in [-0.3, -0.25) is 0 Å². The Morgan fingerprint density at radius 2 is 1.92 bits per heavy atom. The maximum Gasteiger partial charge on any atom is 0.191 e. The minimum atomic E-state index is -0.964. The molecule has 0 aliphatic heterocycles. The summed E-state index contributed by atoms with van der Waals surface area (Å²) in [6.07, 6.45) is 0. The molecule has 0 saturated carbocycles. The minimum absolute atomic E-state index is 0. The summed E-state index contributed by atoms with van der Waals surface area (Å²) in [5, 5.41) is 18.2. The Hall–Kier alpha value is -1.19. The Balaban J connectivity index is 0.00000312. The molecule has 0 radical (unpaired) electrons. The number of aliphatic hydroxyl groups is 1. The molecule has 0 aliphatic carbocycles. The van der Waals surface area contributed by atoms with Crippen molar-refractivity contribution < 1.29 is 5.11 Å². The summed E-state index contributed by atoms with van der Waals surface area (Å²) in [5.74, 6) is 0.694. The van der Waals surface area contributed by atoms with Gasteiger partial charge in [0.1, 0.15) is 5.60 Å². The largest absolute Gasteiger partial charge is 0.384 e. The molecule has 1 aromatic heterocycles. The van der Waals surface area contributed by atoms with Crippen LogP contribution in [-0.2, 0) is 12.1 Å². The Kier molecular flexibility index (Phi) is 8.81. The number of aromatic nitrogens is 1. The van der Waals surface area contributed by atoms with E-state index >= 15 is 0 Å². The van der Waals surface area contributed by atoms with Gasteiger partial charge in [-0.15, -0.1) is 35.3 Å². The van der Waals surface area contributed by atoms with Crippen LogP contribution in [0.5, 0.6) is 0 Å². The number of rotatable bonds is 6. The van der Waals surface area contributed by atoms with E-state index in [4.69, 9.17) is 0 Å². The second-order valence-electron chi connectivity index (χ2n) is 5.93. The second-order valence-corrected chi connectivity index (χ2v) is 7.22. The molecule has 0 spiro atoms. The van der Waals surface area contributed by atoms with Gasteiger partial charge in [-0.25, -0.2) is 9.98 Å². The van der Waals surface area contributed by atoms with Gasteiger partial charge in [-0.2, -0.15) is 0 Å². The first kappa shape index (κ1) is 21.9. The zero-order valence-corrected chi connectivity index (χ0v) is 18.3. The molecule has 0 fully saturated rings. The summed E-state index contributed by atoms with van der Waals surface area (Å²) in [5.41, 5.74) is 0.949. The molecule has 2 aromatic rings. The zero-order valence-electron chi connectivity index (χ0n) is 15.2. The van der Waals surface area contributed by atoms with Gasteiger partial charge in [0.05, 0.1) is 23.8 Å². The molecule has 0 bridgehead atoms. The van der Waals surface area contributed by atoms with Crippen molar-refractivity contribution in [2.45, 2.75) is 39.8 Å². The zero-order chi connectivity index (χ0) is 17.6. The molecule has 1 atom stereocenters. The summed E-state index contributed by atoms with van der Waals surface area (Å²) >= 11 is 1.67. The van der Waals surface area contributed by atoms with Gasteiger partial charge in [-0.1, -0.05) is 30.3 Å². The van der Waals surface area contributed by atoms with Crippen LogP contribution in [0.25, 0.3) is 0 Å². The number of aryl methyl sites for hydroxylation is 2. The van der Waals surface area contributed by atoms with Crippen LogP contribution >= 0.6 is 35.3 Å². The van der Waals surface area contributed by atoms with Crippen molar-refractivity contribution in [2.75, 3.05) is 13.1 Å². The second kappa shape index (κ2) is 10.1. The third-order valence-electron chi connectivity index (χ3n) is 3.72. The highest BCUT2D eigenvalue weighted by atomic mass is 127. The summed E-state index contributed by atoms with van der Waals surface area (Å²) in [7, 11) is 0. The quantitative estimate of drug-likeness (QED) is 0.341. The number of aliphatic imine (C=N–C) groups is 1. The van der Waals surface area contributed by atoms with Gasteiger partial charge in [0.25, 0.3) is 0 Å². The van der Waals surface area contributed by atoms with Crippen molar-refractivity contribution in [3.8, 4) is 0 Å². The third kappa shape index (κ3) is 6.56. The number of nitrogens with one attached hydrogen (secondary N) is 2. The van der Waals surface area contributed by atoms with Gasteiger partial charge in [0, 0.05) is 11.4 Å². The first-order valence-corrected chi connectivity index (χ1v) is 8.97. The first-order chi connectivity index (χ1) is 11.4. The van der Waals surface area contributed by atoms with Gasteiger partial charge in [-0.05, 0) is 33.3 Å². The van der Waals surface area contributed by atoms with Gasteiger partial charge >= 0.3 is 0 Å². The van der Waals surface area contributed by atoms with E-state index in [2.05, 4.69) is 20.6 Å². The van der Waals surface area contributed by atoms with Crippen molar-refractivity contribution in [3.05, 3.63) is 51.5 Å². The molecule has 138 valence electrons. The average molecular weight is 474 g/mol. The Bertz CT molecular complexity index is 686. The molecule has 0 aliphatic rings. The highest BCUT2D eigenvalue weighted by molar-refractivity contribution is 14.0. The van der Waals surface area contributed by atoms with Crippen LogP contribution in [0.2, 0.25) is 0 Å². The Morgan fingerprint density at radius 3 is 2.48 bits per heavy atom. The van der Waals surface area contributed by atoms with E-state index in [1.807, 2.05) is 51.1 Å². The van der Waals surface area contributed by atoms with Crippen molar-refractivity contribution in [3.63, 3.8) is 0 Å². The molecule has 1 heterocycles. The predicted octanol–water partition coefficient (Wildman–Crippen LogP) is 3.34. The summed E-state index contributed by atoms with van der Waals surface area (Å²) in [6.45, 7) is 9.56. The lowest BCUT2D eigenvalue weighted by molar-refractivity contribution is 0.0617. The number of hydrogen-bond donors (Lipinski definition) is 3. The molecule has 0 saturated heterocycles. The van der Waals surface area contributed by atoms with Crippen LogP contribution < -0.4 is 10.6 Å². The van der Waals surface area contributed by atoms with E-state index in [1.165, 1.54) is 4.88 Å². The van der Waals surface area contributed by atoms with Crippen LogP contribution in [-0.4, -0.2) is 29.1 Å². The molecule has 5 nitrogen and oxygen atoms in total. The minimum Gasteiger partial charge on any atom is -0.384 e. The summed E-state index contributed by atoms with van der Waals surface area (Å²) < 4.78 is 0. The lowest BCUT2D eigenvalue weighted by Crippen LogP contribution is -2.44. The fourth-order valence-electron chi connectivity index (χ4n) is 2.37. The molecule has 7 heteroatoms. The van der Waals surface area contributed by atoms with Crippen LogP contribution in [0, 0.1) is 13.8 Å². The van der Waals surface area contributed by atoms with Gasteiger partial charge in [0.2, 0.25) is 0 Å². The summed E-state index contributed by atoms with van der Waals surface area (Å²) in [6, 6.07) is 9.65. The van der Waals surface area contributed by atoms with E-state index in [-0.39, 0.29) is 24.0 Å².